The van der Waals surface area contributed by atoms with Gasteiger partial charge in [-0.15, -0.1) is 0 Å². The van der Waals surface area contributed by atoms with Crippen LogP contribution in [0.4, 0.5) is 5.69 Å². The van der Waals surface area contributed by atoms with Crippen molar-refractivity contribution in [1.82, 2.24) is 0 Å². The van der Waals surface area contributed by atoms with Gasteiger partial charge in [0.25, 0.3) is 0 Å². The van der Waals surface area contributed by atoms with Crippen LogP contribution in [0.2, 0.25) is 0 Å². The van der Waals surface area contributed by atoms with Crippen LogP contribution in [0, 0.1) is 0 Å². The van der Waals surface area contributed by atoms with Crippen molar-refractivity contribution in [2.75, 3.05) is 5.73 Å². The first-order valence-electron chi connectivity index (χ1n) is 8.98. The third-order valence-electron chi connectivity index (χ3n) is 4.64. The summed E-state index contributed by atoms with van der Waals surface area (Å²) in [7, 11) is -0.471. The van der Waals surface area contributed by atoms with E-state index >= 15 is 0 Å². The molecule has 4 rings (SSSR count). The zero-order valence-corrected chi connectivity index (χ0v) is 15.6. The highest BCUT2D eigenvalue weighted by Gasteiger charge is 2.19. The van der Waals surface area contributed by atoms with Crippen molar-refractivity contribution in [2.24, 2.45) is 0 Å². The van der Waals surface area contributed by atoms with E-state index in [9.17, 15) is 0 Å². The van der Waals surface area contributed by atoms with Gasteiger partial charge in [-0.1, -0.05) is 85.0 Å². The second-order valence-corrected chi connectivity index (χ2v) is 8.75. The van der Waals surface area contributed by atoms with Crippen LogP contribution in [0.15, 0.2) is 102 Å². The summed E-state index contributed by atoms with van der Waals surface area (Å²) >= 11 is 0. The molecular formula is C24H22NP. The predicted octanol–water partition coefficient (Wildman–Crippen LogP) is 5.60. The largest absolute Gasteiger partial charge is 0.399 e. The molecule has 1 unspecified atom stereocenters. The summed E-state index contributed by atoms with van der Waals surface area (Å²) in [4.78, 5) is 0. The summed E-state index contributed by atoms with van der Waals surface area (Å²) in [5, 5.41) is 4.37. The van der Waals surface area contributed by atoms with Crippen molar-refractivity contribution in [3.63, 3.8) is 0 Å². The average Bonchev–Trinajstić information content (AvgIpc) is 2.70. The fourth-order valence-electron chi connectivity index (χ4n) is 3.36. The molecule has 2 heteroatoms. The molecule has 0 amide bonds. The Morgan fingerprint density at radius 2 is 1.50 bits per heavy atom. The molecule has 0 aromatic heterocycles. The smallest absolute Gasteiger partial charge is 0.0320 e. The lowest BCUT2D eigenvalue weighted by Gasteiger charge is -2.23. The third-order valence-corrected chi connectivity index (χ3v) is 7.22. The number of hydrogen-bond donors (Lipinski definition) is 1. The van der Waals surface area contributed by atoms with E-state index in [1.807, 2.05) is 18.2 Å². The Morgan fingerprint density at radius 1 is 0.731 bits per heavy atom. The Kier molecular flexibility index (Phi) is 5.00. The number of rotatable bonds is 4. The van der Waals surface area contributed by atoms with Gasteiger partial charge in [0.15, 0.2) is 0 Å². The molecule has 3 aromatic carbocycles. The third kappa shape index (κ3) is 3.64. The minimum Gasteiger partial charge on any atom is -0.399 e. The lowest BCUT2D eigenvalue weighted by atomic mass is 10.1. The van der Waals surface area contributed by atoms with E-state index in [0.29, 0.717) is 0 Å². The van der Waals surface area contributed by atoms with Crippen molar-refractivity contribution in [1.29, 1.82) is 0 Å². The molecule has 26 heavy (non-hydrogen) atoms. The maximum absolute atomic E-state index is 5.94. The van der Waals surface area contributed by atoms with Crippen LogP contribution in [0.5, 0.6) is 0 Å². The van der Waals surface area contributed by atoms with E-state index in [2.05, 4.69) is 78.9 Å². The molecule has 0 saturated carbocycles. The molecule has 128 valence electrons. The first kappa shape index (κ1) is 16.8. The lowest BCUT2D eigenvalue weighted by molar-refractivity contribution is 1.02. The van der Waals surface area contributed by atoms with Gasteiger partial charge in [-0.25, -0.2) is 0 Å². The fraction of sp³-hybridized carbons (Fsp3) is 0.0833. The molecule has 1 atom stereocenters. The summed E-state index contributed by atoms with van der Waals surface area (Å²) < 4.78 is 0. The Hall–Kier alpha value is -2.63. The lowest BCUT2D eigenvalue weighted by Crippen LogP contribution is -2.13. The Labute approximate surface area is 156 Å². The molecular weight excluding hydrogens is 333 g/mol. The van der Waals surface area contributed by atoms with Crippen LogP contribution in [0.25, 0.3) is 11.1 Å². The van der Waals surface area contributed by atoms with Crippen molar-refractivity contribution in [2.45, 2.75) is 12.8 Å². The predicted molar refractivity (Wildman–Crippen MR) is 115 cm³/mol. The molecule has 0 radical (unpaired) electrons. The van der Waals surface area contributed by atoms with Crippen LogP contribution in [-0.4, -0.2) is 0 Å². The maximum atomic E-state index is 5.94. The van der Waals surface area contributed by atoms with Gasteiger partial charge in [0.2, 0.25) is 0 Å². The molecule has 0 saturated heterocycles. The minimum atomic E-state index is -0.471. The van der Waals surface area contributed by atoms with E-state index < -0.39 is 7.92 Å². The van der Waals surface area contributed by atoms with Crippen LogP contribution in [-0.2, 0) is 0 Å². The second kappa shape index (κ2) is 7.72. The molecule has 1 aliphatic carbocycles. The zero-order valence-electron chi connectivity index (χ0n) is 14.7. The Balaban J connectivity index is 1.72. The topological polar surface area (TPSA) is 26.0 Å². The van der Waals surface area contributed by atoms with Crippen LogP contribution in [0.1, 0.15) is 12.8 Å². The van der Waals surface area contributed by atoms with E-state index in [1.165, 1.54) is 21.7 Å². The van der Waals surface area contributed by atoms with Gasteiger partial charge < -0.3 is 5.73 Å². The molecule has 3 aromatic rings. The molecule has 0 fully saturated rings. The SMILES string of the molecule is Nc1cccc(-c2ccc(P(C3=CC=CCC3)c3ccccc3)cc2)c1. The van der Waals surface area contributed by atoms with Crippen molar-refractivity contribution >= 4 is 24.2 Å². The highest BCUT2D eigenvalue weighted by atomic mass is 31.1. The van der Waals surface area contributed by atoms with Gasteiger partial charge in [0.1, 0.15) is 0 Å². The van der Waals surface area contributed by atoms with Gasteiger partial charge >= 0.3 is 0 Å². The van der Waals surface area contributed by atoms with Crippen molar-refractivity contribution < 1.29 is 0 Å². The number of hydrogen-bond acceptors (Lipinski definition) is 1. The summed E-state index contributed by atoms with van der Waals surface area (Å²) in [6.45, 7) is 0. The highest BCUT2D eigenvalue weighted by molar-refractivity contribution is 7.76. The molecule has 0 heterocycles. The Morgan fingerprint density at radius 3 is 2.19 bits per heavy atom. The van der Waals surface area contributed by atoms with E-state index in [-0.39, 0.29) is 0 Å². The van der Waals surface area contributed by atoms with Gasteiger partial charge in [-0.2, -0.15) is 0 Å². The highest BCUT2D eigenvalue weighted by Crippen LogP contribution is 2.46. The number of nitrogen functional groups attached to an aromatic ring is 1. The molecule has 1 nitrogen and oxygen atoms in total. The average molecular weight is 355 g/mol. The van der Waals surface area contributed by atoms with Gasteiger partial charge in [-0.3, -0.25) is 0 Å². The minimum absolute atomic E-state index is 0.471. The normalized spacial score (nSPS) is 14.7. The molecule has 2 N–H and O–H groups in total. The summed E-state index contributed by atoms with van der Waals surface area (Å²) in [6, 6.07) is 28.0. The van der Waals surface area contributed by atoms with Crippen LogP contribution >= 0.6 is 7.92 Å². The summed E-state index contributed by atoms with van der Waals surface area (Å²) in [6.07, 6.45) is 9.06. The van der Waals surface area contributed by atoms with E-state index in [0.717, 1.165) is 18.5 Å². The van der Waals surface area contributed by atoms with E-state index in [4.69, 9.17) is 5.73 Å². The summed E-state index contributed by atoms with van der Waals surface area (Å²) in [5.74, 6) is 0. The first-order chi connectivity index (χ1) is 12.8. The first-order valence-corrected chi connectivity index (χ1v) is 10.3. The number of anilines is 1. The molecule has 1 aliphatic rings. The van der Waals surface area contributed by atoms with Crippen LogP contribution in [0.3, 0.4) is 0 Å². The quantitative estimate of drug-likeness (QED) is 0.478. The van der Waals surface area contributed by atoms with Crippen LogP contribution < -0.4 is 16.3 Å². The number of nitrogens with two attached hydrogens (primary N) is 1. The maximum Gasteiger partial charge on any atom is 0.0320 e. The molecule has 0 spiro atoms. The fourth-order valence-corrected chi connectivity index (χ4v) is 5.82. The zero-order chi connectivity index (χ0) is 17.8. The van der Waals surface area contributed by atoms with Gasteiger partial charge in [0, 0.05) is 5.69 Å². The van der Waals surface area contributed by atoms with Crippen molar-refractivity contribution in [3.8, 4) is 11.1 Å². The van der Waals surface area contributed by atoms with Gasteiger partial charge in [-0.05, 0) is 59.9 Å². The second-order valence-electron chi connectivity index (χ2n) is 6.47. The van der Waals surface area contributed by atoms with E-state index in [1.54, 1.807) is 5.31 Å². The number of benzene rings is 3. The summed E-state index contributed by atoms with van der Waals surface area (Å²) in [5.41, 5.74) is 9.12. The molecule has 0 aliphatic heterocycles. The number of allylic oxidation sites excluding steroid dienone is 4. The standard InChI is InChI=1S/C24H22NP/c25-21-9-7-8-20(18-21)19-14-16-24(17-15-19)26(22-10-3-1-4-11-22)23-12-5-2-6-13-23/h1-5,7-12,14-18H,6,13,25H2. The van der Waals surface area contributed by atoms with Crippen molar-refractivity contribution in [3.05, 3.63) is 102 Å². The monoisotopic (exact) mass is 355 g/mol. The van der Waals surface area contributed by atoms with Gasteiger partial charge in [0.05, 0.1) is 0 Å². The molecule has 0 bridgehead atoms. The Bertz CT molecular complexity index is 939.